The van der Waals surface area contributed by atoms with Gasteiger partial charge >= 0.3 is 0 Å². The third kappa shape index (κ3) is 4.32. The molecule has 0 atom stereocenters. The van der Waals surface area contributed by atoms with Crippen molar-refractivity contribution in [2.45, 2.75) is 44.6 Å². The van der Waals surface area contributed by atoms with E-state index < -0.39 is 17.4 Å². The maximum absolute atomic E-state index is 13.9. The number of rotatable bonds is 6. The van der Waals surface area contributed by atoms with Gasteiger partial charge < -0.3 is 14.8 Å². The van der Waals surface area contributed by atoms with Crippen molar-refractivity contribution in [1.29, 1.82) is 0 Å². The van der Waals surface area contributed by atoms with E-state index in [1.807, 2.05) is 10.9 Å². The van der Waals surface area contributed by atoms with Crippen LogP contribution in [0.1, 0.15) is 54.7 Å². The summed E-state index contributed by atoms with van der Waals surface area (Å²) in [7, 11) is 1.46. The van der Waals surface area contributed by atoms with Crippen molar-refractivity contribution in [3.8, 4) is 5.75 Å². The van der Waals surface area contributed by atoms with Gasteiger partial charge in [0.05, 0.1) is 29.9 Å². The zero-order valence-electron chi connectivity index (χ0n) is 17.8. The third-order valence-electron chi connectivity index (χ3n) is 5.90. The van der Waals surface area contributed by atoms with Crippen molar-refractivity contribution in [2.24, 2.45) is 5.92 Å². The Morgan fingerprint density at radius 1 is 1.28 bits per heavy atom. The second kappa shape index (κ2) is 8.64. The number of hydrogen-bond acceptors (Lipinski definition) is 5. The first-order valence-electron chi connectivity index (χ1n) is 10.5. The lowest BCUT2D eigenvalue weighted by atomic mass is 9.87. The van der Waals surface area contributed by atoms with E-state index in [1.165, 1.54) is 25.4 Å². The van der Waals surface area contributed by atoms with Crippen LogP contribution in [0.15, 0.2) is 36.7 Å². The molecule has 0 saturated heterocycles. The number of ether oxygens (including phenoxy) is 1. The molecule has 168 valence electrons. The van der Waals surface area contributed by atoms with Gasteiger partial charge in [-0.25, -0.2) is 8.78 Å². The van der Waals surface area contributed by atoms with Crippen molar-refractivity contribution >= 4 is 28.8 Å². The van der Waals surface area contributed by atoms with Gasteiger partial charge in [0.15, 0.2) is 0 Å². The van der Waals surface area contributed by atoms with Crippen molar-refractivity contribution < 1.29 is 23.1 Å². The number of anilines is 1. The molecule has 7 nitrogen and oxygen atoms in total. The van der Waals surface area contributed by atoms with Gasteiger partial charge in [-0.05, 0) is 43.9 Å². The Hall–Kier alpha value is -3.36. The molecule has 0 radical (unpaired) electrons. The van der Waals surface area contributed by atoms with E-state index in [0.29, 0.717) is 17.0 Å². The first-order valence-corrected chi connectivity index (χ1v) is 10.5. The fourth-order valence-electron chi connectivity index (χ4n) is 4.15. The van der Waals surface area contributed by atoms with Gasteiger partial charge in [-0.2, -0.15) is 5.10 Å². The molecule has 1 saturated carbocycles. The number of nitrogens with one attached hydrogen (secondary N) is 1. The van der Waals surface area contributed by atoms with Crippen LogP contribution in [-0.2, 0) is 10.7 Å². The van der Waals surface area contributed by atoms with Crippen molar-refractivity contribution in [3.63, 3.8) is 0 Å². The van der Waals surface area contributed by atoms with Crippen LogP contribution >= 0.6 is 0 Å². The van der Waals surface area contributed by atoms with Gasteiger partial charge in [-0.15, -0.1) is 0 Å². The minimum atomic E-state index is -3.21. The number of amides is 1. The summed E-state index contributed by atoms with van der Waals surface area (Å²) in [6.45, 7) is 0.727. The van der Waals surface area contributed by atoms with Gasteiger partial charge in [-0.1, -0.05) is 0 Å². The number of fused-ring (bicyclic) bond motifs is 1. The molecule has 4 rings (SSSR count). The number of methoxy groups -OCH3 is 1. The third-order valence-corrected chi connectivity index (χ3v) is 5.90. The maximum Gasteiger partial charge on any atom is 0.274 e. The molecular weight excluding hydrogens is 418 g/mol. The summed E-state index contributed by atoms with van der Waals surface area (Å²) in [5.41, 5.74) is 0.238. The van der Waals surface area contributed by atoms with Crippen molar-refractivity contribution in [2.75, 3.05) is 12.4 Å². The average Bonchev–Trinajstić information content (AvgIpc) is 3.20. The number of benzene rings is 1. The minimum absolute atomic E-state index is 0.116. The summed E-state index contributed by atoms with van der Waals surface area (Å²) in [6.07, 6.45) is 7.62. The zero-order chi connectivity index (χ0) is 22.9. The standard InChI is InChI=1S/C23H24F2N4O3/c1-23(24,25)17-4-3-9-26-21(17)22(31)27-19-10-15-12-29(28-18(15)11-20(19)32-2)16-7-5-14(13-30)6-8-16/h3-4,9-14,16H,5-8H2,1-2H3,(H,27,31). The highest BCUT2D eigenvalue weighted by Gasteiger charge is 2.31. The number of alkyl halides is 2. The second-order valence-electron chi connectivity index (χ2n) is 8.17. The Bertz CT molecular complexity index is 1150. The lowest BCUT2D eigenvalue weighted by Crippen LogP contribution is -2.21. The molecule has 1 N–H and O–H groups in total. The van der Waals surface area contributed by atoms with Gasteiger partial charge in [-0.3, -0.25) is 14.5 Å². The smallest absolute Gasteiger partial charge is 0.274 e. The van der Waals surface area contributed by atoms with E-state index in [1.54, 1.807) is 12.1 Å². The molecule has 0 unspecified atom stereocenters. The number of pyridine rings is 1. The van der Waals surface area contributed by atoms with Crippen LogP contribution < -0.4 is 10.1 Å². The van der Waals surface area contributed by atoms with Crippen LogP contribution in [0, 0.1) is 5.92 Å². The maximum atomic E-state index is 13.9. The molecule has 1 aliphatic rings. The Morgan fingerprint density at radius 3 is 2.69 bits per heavy atom. The zero-order valence-corrected chi connectivity index (χ0v) is 17.8. The Kier molecular flexibility index (Phi) is 5.90. The summed E-state index contributed by atoms with van der Waals surface area (Å²) in [6, 6.07) is 6.16. The van der Waals surface area contributed by atoms with Gasteiger partial charge in [0.1, 0.15) is 17.7 Å². The molecule has 0 aliphatic heterocycles. The molecule has 2 aromatic heterocycles. The molecule has 0 bridgehead atoms. The highest BCUT2D eigenvalue weighted by molar-refractivity contribution is 6.06. The number of aromatic nitrogens is 3. The normalized spacial score (nSPS) is 19.0. The van der Waals surface area contributed by atoms with Crippen molar-refractivity contribution in [3.05, 3.63) is 47.9 Å². The minimum Gasteiger partial charge on any atom is -0.494 e. The molecule has 9 heteroatoms. The SMILES string of the molecule is COc1cc2nn(C3CCC(C=O)CC3)cc2cc1NC(=O)c1ncccc1C(C)(F)F. The quantitative estimate of drug-likeness (QED) is 0.558. The number of hydrogen-bond donors (Lipinski definition) is 1. The summed E-state index contributed by atoms with van der Waals surface area (Å²) < 4.78 is 35.1. The van der Waals surface area contributed by atoms with E-state index in [4.69, 9.17) is 4.74 Å². The summed E-state index contributed by atoms with van der Waals surface area (Å²) >= 11 is 0. The van der Waals surface area contributed by atoms with Crippen LogP contribution in [0.3, 0.4) is 0 Å². The highest BCUT2D eigenvalue weighted by atomic mass is 19.3. The van der Waals surface area contributed by atoms with Crippen molar-refractivity contribution in [1.82, 2.24) is 14.8 Å². The number of halogens is 2. The van der Waals surface area contributed by atoms with E-state index in [9.17, 15) is 18.4 Å². The predicted octanol–water partition coefficient (Wildman–Crippen LogP) is 4.73. The highest BCUT2D eigenvalue weighted by Crippen LogP contribution is 2.35. The summed E-state index contributed by atoms with van der Waals surface area (Å²) in [4.78, 5) is 27.7. The van der Waals surface area contributed by atoms with Gasteiger partial charge in [0.25, 0.3) is 11.8 Å². The number of carbonyl (C=O) groups is 2. The van der Waals surface area contributed by atoms with E-state index >= 15 is 0 Å². The van der Waals surface area contributed by atoms with Crippen LogP contribution in [0.2, 0.25) is 0 Å². The topological polar surface area (TPSA) is 86.1 Å². The predicted molar refractivity (Wildman–Crippen MR) is 115 cm³/mol. The Balaban J connectivity index is 1.62. The number of aldehydes is 1. The molecule has 1 fully saturated rings. The Labute approximate surface area is 183 Å². The molecule has 32 heavy (non-hydrogen) atoms. The average molecular weight is 442 g/mol. The first kappa shape index (κ1) is 21.9. The van der Waals surface area contributed by atoms with Gasteiger partial charge in [0, 0.05) is 36.7 Å². The lowest BCUT2D eigenvalue weighted by molar-refractivity contribution is -0.112. The van der Waals surface area contributed by atoms with Crippen LogP contribution in [0.4, 0.5) is 14.5 Å². The molecule has 0 spiro atoms. The fraction of sp³-hybridized carbons (Fsp3) is 0.391. The summed E-state index contributed by atoms with van der Waals surface area (Å²) in [5.74, 6) is -3.48. The van der Waals surface area contributed by atoms with E-state index in [-0.39, 0.29) is 17.7 Å². The first-order chi connectivity index (χ1) is 15.3. The molecule has 1 aliphatic carbocycles. The number of carbonyl (C=O) groups excluding carboxylic acids is 2. The number of nitrogens with zero attached hydrogens (tertiary/aromatic N) is 3. The Morgan fingerprint density at radius 2 is 2.03 bits per heavy atom. The fourth-order valence-corrected chi connectivity index (χ4v) is 4.15. The molecule has 2 heterocycles. The molecule has 1 amide bonds. The van der Waals surface area contributed by atoms with Crippen LogP contribution in [-0.4, -0.2) is 34.1 Å². The van der Waals surface area contributed by atoms with Gasteiger partial charge in [0.2, 0.25) is 0 Å². The monoisotopic (exact) mass is 442 g/mol. The second-order valence-corrected chi connectivity index (χ2v) is 8.17. The lowest BCUT2D eigenvalue weighted by Gasteiger charge is -2.25. The largest absolute Gasteiger partial charge is 0.494 e. The van der Waals surface area contributed by atoms with Crippen LogP contribution in [0.5, 0.6) is 5.75 Å². The summed E-state index contributed by atoms with van der Waals surface area (Å²) in [5, 5.41) is 8.07. The molecular formula is C23H24F2N4O3. The van der Waals surface area contributed by atoms with E-state index in [2.05, 4.69) is 15.4 Å². The molecule has 3 aromatic rings. The van der Waals surface area contributed by atoms with Crippen LogP contribution in [0.25, 0.3) is 10.9 Å². The van der Waals surface area contributed by atoms with E-state index in [0.717, 1.165) is 44.3 Å². The molecule has 1 aromatic carbocycles.